The van der Waals surface area contributed by atoms with Crippen LogP contribution >= 0.6 is 0 Å². The molecule has 4 heteroatoms. The maximum Gasteiger partial charge on any atom is 0.161 e. The lowest BCUT2D eigenvalue weighted by Gasteiger charge is -2.16. The highest BCUT2D eigenvalue weighted by atomic mass is 16.5. The molecule has 0 atom stereocenters. The Hall–Kier alpha value is -1.73. The van der Waals surface area contributed by atoms with Crippen molar-refractivity contribution < 1.29 is 9.47 Å². The van der Waals surface area contributed by atoms with Crippen LogP contribution in [0.5, 0.6) is 11.5 Å². The molecule has 2 rings (SSSR count). The van der Waals surface area contributed by atoms with Crippen molar-refractivity contribution in [1.29, 1.82) is 5.26 Å². The lowest BCUT2D eigenvalue weighted by molar-refractivity contribution is 0.227. The number of nitriles is 1. The Kier molecular flexibility index (Phi) is 4.86. The molecule has 1 fully saturated rings. The second-order valence-corrected chi connectivity index (χ2v) is 5.39. The fourth-order valence-electron chi connectivity index (χ4n) is 2.16. The molecule has 0 radical (unpaired) electrons. The van der Waals surface area contributed by atoms with E-state index < -0.39 is 0 Å². The van der Waals surface area contributed by atoms with Crippen molar-refractivity contribution in [1.82, 2.24) is 5.32 Å². The maximum absolute atomic E-state index is 8.82. The van der Waals surface area contributed by atoms with Gasteiger partial charge in [0.25, 0.3) is 0 Å². The minimum Gasteiger partial charge on any atom is -0.493 e. The number of benzene rings is 1. The van der Waals surface area contributed by atoms with E-state index in [9.17, 15) is 0 Å². The standard InChI is InChI=1S/C16H22N2O2/c1-3-18-11-13-4-5-14(15(10-13)19-2)20-12-16(6-7-16)8-9-17/h4-5,10,18H,3,6-8,11-12H2,1-2H3. The van der Waals surface area contributed by atoms with Gasteiger partial charge in [0.15, 0.2) is 11.5 Å². The molecule has 0 aliphatic heterocycles. The van der Waals surface area contributed by atoms with Crippen LogP contribution in [-0.2, 0) is 6.54 Å². The van der Waals surface area contributed by atoms with E-state index in [2.05, 4.69) is 18.3 Å². The SMILES string of the molecule is CCNCc1ccc(OCC2(CC#N)CC2)c(OC)c1. The van der Waals surface area contributed by atoms with E-state index in [4.69, 9.17) is 14.7 Å². The highest BCUT2D eigenvalue weighted by Crippen LogP contribution is 2.49. The zero-order valence-electron chi connectivity index (χ0n) is 12.2. The van der Waals surface area contributed by atoms with Gasteiger partial charge in [0.05, 0.1) is 19.8 Å². The Morgan fingerprint density at radius 3 is 2.75 bits per heavy atom. The summed E-state index contributed by atoms with van der Waals surface area (Å²) in [5.41, 5.74) is 1.26. The number of ether oxygens (including phenoxy) is 2. The minimum absolute atomic E-state index is 0.0855. The molecule has 0 aromatic heterocycles. The first kappa shape index (κ1) is 14.7. The molecule has 1 saturated carbocycles. The zero-order chi connectivity index (χ0) is 14.4. The number of methoxy groups -OCH3 is 1. The lowest BCUT2D eigenvalue weighted by Crippen LogP contribution is -2.14. The van der Waals surface area contributed by atoms with Crippen LogP contribution in [0.4, 0.5) is 0 Å². The maximum atomic E-state index is 8.82. The smallest absolute Gasteiger partial charge is 0.161 e. The number of nitrogens with zero attached hydrogens (tertiary/aromatic N) is 1. The molecule has 1 aromatic rings. The van der Waals surface area contributed by atoms with Crippen molar-refractivity contribution >= 4 is 0 Å². The van der Waals surface area contributed by atoms with E-state index in [-0.39, 0.29) is 5.41 Å². The van der Waals surface area contributed by atoms with Gasteiger partial charge in [0.2, 0.25) is 0 Å². The van der Waals surface area contributed by atoms with Crippen LogP contribution in [0.2, 0.25) is 0 Å². The van der Waals surface area contributed by atoms with Crippen LogP contribution in [0, 0.1) is 16.7 Å². The Morgan fingerprint density at radius 1 is 1.35 bits per heavy atom. The molecule has 0 spiro atoms. The van der Waals surface area contributed by atoms with Crippen LogP contribution in [0.15, 0.2) is 18.2 Å². The van der Waals surface area contributed by atoms with Crippen molar-refractivity contribution in [2.75, 3.05) is 20.3 Å². The molecule has 0 heterocycles. The van der Waals surface area contributed by atoms with Gasteiger partial charge in [0, 0.05) is 18.4 Å². The van der Waals surface area contributed by atoms with Gasteiger partial charge < -0.3 is 14.8 Å². The molecule has 0 bridgehead atoms. The summed E-state index contributed by atoms with van der Waals surface area (Å²) in [4.78, 5) is 0. The van der Waals surface area contributed by atoms with Gasteiger partial charge in [-0.05, 0) is 37.1 Å². The molecule has 1 N–H and O–H groups in total. The number of hydrogen-bond donors (Lipinski definition) is 1. The average Bonchev–Trinajstić information content (AvgIpc) is 3.23. The monoisotopic (exact) mass is 274 g/mol. The summed E-state index contributed by atoms with van der Waals surface area (Å²) in [6.45, 7) is 4.45. The first-order valence-electron chi connectivity index (χ1n) is 7.10. The summed E-state index contributed by atoms with van der Waals surface area (Å²) in [5.74, 6) is 1.52. The molecule has 108 valence electrons. The molecule has 4 nitrogen and oxygen atoms in total. The fraction of sp³-hybridized carbons (Fsp3) is 0.562. The first-order chi connectivity index (χ1) is 9.73. The van der Waals surface area contributed by atoms with Gasteiger partial charge >= 0.3 is 0 Å². The summed E-state index contributed by atoms with van der Waals surface area (Å²) in [7, 11) is 1.65. The van der Waals surface area contributed by atoms with Crippen LogP contribution < -0.4 is 14.8 Å². The Labute approximate surface area is 120 Å². The largest absolute Gasteiger partial charge is 0.493 e. The van der Waals surface area contributed by atoms with Gasteiger partial charge in [-0.2, -0.15) is 5.26 Å². The Balaban J connectivity index is 1.99. The van der Waals surface area contributed by atoms with Gasteiger partial charge in [-0.1, -0.05) is 13.0 Å². The van der Waals surface area contributed by atoms with Crippen molar-refractivity contribution in [3.63, 3.8) is 0 Å². The van der Waals surface area contributed by atoms with E-state index in [0.717, 1.165) is 37.4 Å². The van der Waals surface area contributed by atoms with Gasteiger partial charge in [0.1, 0.15) is 0 Å². The third kappa shape index (κ3) is 3.64. The van der Waals surface area contributed by atoms with Gasteiger partial charge in [-0.3, -0.25) is 0 Å². The van der Waals surface area contributed by atoms with Crippen molar-refractivity contribution in [2.24, 2.45) is 5.41 Å². The molecule has 1 aliphatic rings. The summed E-state index contributed by atoms with van der Waals surface area (Å²) in [5, 5.41) is 12.1. The topological polar surface area (TPSA) is 54.3 Å². The minimum atomic E-state index is 0.0855. The molecule has 1 aromatic carbocycles. The average molecular weight is 274 g/mol. The molecule has 0 amide bonds. The quantitative estimate of drug-likeness (QED) is 0.792. The summed E-state index contributed by atoms with van der Waals surface area (Å²) < 4.78 is 11.3. The van der Waals surface area contributed by atoms with Crippen molar-refractivity contribution in [2.45, 2.75) is 32.7 Å². The second-order valence-electron chi connectivity index (χ2n) is 5.39. The van der Waals surface area contributed by atoms with E-state index in [1.807, 2.05) is 18.2 Å². The van der Waals surface area contributed by atoms with E-state index in [0.29, 0.717) is 13.0 Å². The Morgan fingerprint density at radius 2 is 2.15 bits per heavy atom. The highest BCUT2D eigenvalue weighted by Gasteiger charge is 2.43. The third-order valence-corrected chi connectivity index (χ3v) is 3.75. The molecule has 0 unspecified atom stereocenters. The molecule has 20 heavy (non-hydrogen) atoms. The van der Waals surface area contributed by atoms with Crippen LogP contribution in [0.1, 0.15) is 31.7 Å². The molecular formula is C16H22N2O2. The van der Waals surface area contributed by atoms with Gasteiger partial charge in [-0.15, -0.1) is 0 Å². The number of hydrogen-bond acceptors (Lipinski definition) is 4. The highest BCUT2D eigenvalue weighted by molar-refractivity contribution is 5.43. The van der Waals surface area contributed by atoms with E-state index >= 15 is 0 Å². The fourth-order valence-corrected chi connectivity index (χ4v) is 2.16. The number of nitrogens with one attached hydrogen (secondary N) is 1. The van der Waals surface area contributed by atoms with Crippen LogP contribution in [-0.4, -0.2) is 20.3 Å². The molecule has 1 aliphatic carbocycles. The first-order valence-corrected chi connectivity index (χ1v) is 7.10. The zero-order valence-corrected chi connectivity index (χ0v) is 12.2. The normalized spacial score (nSPS) is 15.4. The summed E-state index contributed by atoms with van der Waals surface area (Å²) >= 11 is 0. The summed E-state index contributed by atoms with van der Waals surface area (Å²) in [6.07, 6.45) is 2.75. The molecule has 0 saturated heterocycles. The predicted octanol–water partition coefficient (Wildman–Crippen LogP) is 2.88. The Bertz CT molecular complexity index is 490. The second kappa shape index (κ2) is 6.62. The van der Waals surface area contributed by atoms with Gasteiger partial charge in [-0.25, -0.2) is 0 Å². The third-order valence-electron chi connectivity index (χ3n) is 3.75. The number of rotatable bonds is 8. The van der Waals surface area contributed by atoms with Crippen molar-refractivity contribution in [3.05, 3.63) is 23.8 Å². The lowest BCUT2D eigenvalue weighted by atomic mass is 10.1. The molecular weight excluding hydrogens is 252 g/mol. The van der Waals surface area contributed by atoms with Crippen LogP contribution in [0.25, 0.3) is 0 Å². The van der Waals surface area contributed by atoms with E-state index in [1.54, 1.807) is 7.11 Å². The van der Waals surface area contributed by atoms with E-state index in [1.165, 1.54) is 5.56 Å². The van der Waals surface area contributed by atoms with Crippen molar-refractivity contribution in [3.8, 4) is 17.6 Å². The predicted molar refractivity (Wildman–Crippen MR) is 77.8 cm³/mol. The summed E-state index contributed by atoms with van der Waals surface area (Å²) in [6, 6.07) is 8.25. The van der Waals surface area contributed by atoms with Crippen LogP contribution in [0.3, 0.4) is 0 Å².